The zero-order valence-electron chi connectivity index (χ0n) is 17.2. The third-order valence-corrected chi connectivity index (χ3v) is 5.33. The Bertz CT molecular complexity index is 939. The van der Waals surface area contributed by atoms with E-state index in [0.29, 0.717) is 17.9 Å². The second-order valence-corrected chi connectivity index (χ2v) is 7.21. The van der Waals surface area contributed by atoms with Gasteiger partial charge in [-0.1, -0.05) is 37.3 Å². The number of nitrogens with two attached hydrogens (primary N) is 1. The number of nitrogens with zero attached hydrogens (tertiary/aromatic N) is 1. The fourth-order valence-electron chi connectivity index (χ4n) is 3.55. The van der Waals surface area contributed by atoms with E-state index in [1.807, 2.05) is 18.2 Å². The Morgan fingerprint density at radius 3 is 2.47 bits per heavy atom. The number of aryl methyl sites for hydroxylation is 1. The van der Waals surface area contributed by atoms with E-state index in [-0.39, 0.29) is 25.3 Å². The standard InChI is InChI=1S/C23H26N2O5/c1-3-15-7-9-16(10-8-15)14-30-20-6-4-5-17-18(20)13-25(23(17)28)19(22(24)27)11-12-21(26)29-2/h4-10,19H,3,11-14H2,1-2H3,(H2,24,27). The molecule has 3 rings (SSSR count). The lowest BCUT2D eigenvalue weighted by molar-refractivity contribution is -0.141. The molecule has 0 spiro atoms. The summed E-state index contributed by atoms with van der Waals surface area (Å²) >= 11 is 0. The maximum absolute atomic E-state index is 12.9. The number of hydrogen-bond donors (Lipinski definition) is 1. The van der Waals surface area contributed by atoms with Gasteiger partial charge in [0.1, 0.15) is 18.4 Å². The van der Waals surface area contributed by atoms with Gasteiger partial charge in [-0.2, -0.15) is 0 Å². The Balaban J connectivity index is 1.75. The summed E-state index contributed by atoms with van der Waals surface area (Å²) in [6.07, 6.45) is 1.09. The second-order valence-electron chi connectivity index (χ2n) is 7.21. The molecule has 0 aliphatic carbocycles. The normalized spacial score (nSPS) is 13.7. The van der Waals surface area contributed by atoms with Crippen LogP contribution in [-0.2, 0) is 33.9 Å². The van der Waals surface area contributed by atoms with Crippen molar-refractivity contribution >= 4 is 17.8 Å². The van der Waals surface area contributed by atoms with Gasteiger partial charge in [0.25, 0.3) is 5.91 Å². The Labute approximate surface area is 175 Å². The van der Waals surface area contributed by atoms with Gasteiger partial charge in [-0.05, 0) is 36.1 Å². The maximum atomic E-state index is 12.9. The van der Waals surface area contributed by atoms with Crippen molar-refractivity contribution in [1.29, 1.82) is 0 Å². The monoisotopic (exact) mass is 410 g/mol. The molecule has 7 nitrogen and oxygen atoms in total. The zero-order valence-corrected chi connectivity index (χ0v) is 17.2. The van der Waals surface area contributed by atoms with Crippen LogP contribution in [0.5, 0.6) is 5.75 Å². The molecule has 0 aromatic heterocycles. The molecule has 158 valence electrons. The average Bonchev–Trinajstić information content (AvgIpc) is 3.09. The summed E-state index contributed by atoms with van der Waals surface area (Å²) in [5, 5.41) is 0. The summed E-state index contributed by atoms with van der Waals surface area (Å²) in [6.45, 7) is 2.68. The SMILES string of the molecule is CCc1ccc(COc2cccc3c2CN(C(CCC(=O)OC)C(N)=O)C3=O)cc1. The second kappa shape index (κ2) is 9.43. The van der Waals surface area contributed by atoms with E-state index in [1.165, 1.54) is 17.6 Å². The summed E-state index contributed by atoms with van der Waals surface area (Å²) in [7, 11) is 1.28. The molecular formula is C23H26N2O5. The van der Waals surface area contributed by atoms with E-state index < -0.39 is 17.9 Å². The van der Waals surface area contributed by atoms with Crippen molar-refractivity contribution in [2.24, 2.45) is 5.73 Å². The van der Waals surface area contributed by atoms with E-state index in [4.69, 9.17) is 10.5 Å². The van der Waals surface area contributed by atoms with E-state index in [9.17, 15) is 14.4 Å². The van der Waals surface area contributed by atoms with Gasteiger partial charge < -0.3 is 20.1 Å². The fourth-order valence-corrected chi connectivity index (χ4v) is 3.55. The van der Waals surface area contributed by atoms with Crippen molar-refractivity contribution in [2.75, 3.05) is 7.11 Å². The predicted octanol–water partition coefficient (Wildman–Crippen LogP) is 2.59. The van der Waals surface area contributed by atoms with Crippen LogP contribution in [-0.4, -0.2) is 35.8 Å². The third-order valence-electron chi connectivity index (χ3n) is 5.33. The number of primary amides is 1. The van der Waals surface area contributed by atoms with Crippen molar-refractivity contribution in [3.63, 3.8) is 0 Å². The van der Waals surface area contributed by atoms with Crippen LogP contribution < -0.4 is 10.5 Å². The van der Waals surface area contributed by atoms with Crippen LogP contribution in [0.2, 0.25) is 0 Å². The van der Waals surface area contributed by atoms with E-state index in [2.05, 4.69) is 23.8 Å². The Morgan fingerprint density at radius 2 is 1.83 bits per heavy atom. The molecule has 1 heterocycles. The first kappa shape index (κ1) is 21.4. The molecule has 0 fully saturated rings. The van der Waals surface area contributed by atoms with Crippen molar-refractivity contribution in [1.82, 2.24) is 4.90 Å². The number of carbonyl (C=O) groups is 3. The van der Waals surface area contributed by atoms with Gasteiger partial charge in [-0.25, -0.2) is 0 Å². The van der Waals surface area contributed by atoms with Gasteiger partial charge in [-0.15, -0.1) is 0 Å². The molecule has 1 unspecified atom stereocenters. The summed E-state index contributed by atoms with van der Waals surface area (Å²) < 4.78 is 10.6. The molecule has 2 aromatic rings. The lowest BCUT2D eigenvalue weighted by atomic mass is 10.1. The number of methoxy groups -OCH3 is 1. The highest BCUT2D eigenvalue weighted by atomic mass is 16.5. The summed E-state index contributed by atoms with van der Waals surface area (Å²) in [4.78, 5) is 37.7. The van der Waals surface area contributed by atoms with Crippen LogP contribution in [0.4, 0.5) is 0 Å². The highest BCUT2D eigenvalue weighted by molar-refractivity contribution is 6.01. The number of hydrogen-bond acceptors (Lipinski definition) is 5. The van der Waals surface area contributed by atoms with Crippen LogP contribution in [0.3, 0.4) is 0 Å². The van der Waals surface area contributed by atoms with Gasteiger partial charge in [0.05, 0.1) is 13.7 Å². The molecule has 0 radical (unpaired) electrons. The van der Waals surface area contributed by atoms with E-state index in [0.717, 1.165) is 17.5 Å². The van der Waals surface area contributed by atoms with Gasteiger partial charge in [0.2, 0.25) is 5.91 Å². The summed E-state index contributed by atoms with van der Waals surface area (Å²) in [5.74, 6) is -0.808. The van der Waals surface area contributed by atoms with E-state index >= 15 is 0 Å². The number of benzene rings is 2. The molecule has 1 aliphatic rings. The first-order valence-corrected chi connectivity index (χ1v) is 9.94. The average molecular weight is 410 g/mol. The molecule has 2 N–H and O–H groups in total. The highest BCUT2D eigenvalue weighted by Gasteiger charge is 2.37. The number of rotatable bonds is 9. The van der Waals surface area contributed by atoms with E-state index in [1.54, 1.807) is 12.1 Å². The largest absolute Gasteiger partial charge is 0.489 e. The molecule has 0 saturated heterocycles. The fraction of sp³-hybridized carbons (Fsp3) is 0.348. The Hall–Kier alpha value is -3.35. The molecule has 2 aromatic carbocycles. The van der Waals surface area contributed by atoms with Crippen molar-refractivity contribution in [3.05, 3.63) is 64.7 Å². The van der Waals surface area contributed by atoms with Gasteiger partial charge in [0.15, 0.2) is 0 Å². The highest BCUT2D eigenvalue weighted by Crippen LogP contribution is 2.33. The number of esters is 1. The van der Waals surface area contributed by atoms with Gasteiger partial charge >= 0.3 is 5.97 Å². The molecule has 1 atom stereocenters. The molecule has 2 amide bonds. The summed E-state index contributed by atoms with van der Waals surface area (Å²) in [6, 6.07) is 12.6. The lowest BCUT2D eigenvalue weighted by Crippen LogP contribution is -2.45. The Kier molecular flexibility index (Phi) is 6.72. The minimum atomic E-state index is -0.890. The van der Waals surface area contributed by atoms with Crippen molar-refractivity contribution < 1.29 is 23.9 Å². The Morgan fingerprint density at radius 1 is 1.13 bits per heavy atom. The lowest BCUT2D eigenvalue weighted by Gasteiger charge is -2.24. The predicted molar refractivity (Wildman–Crippen MR) is 111 cm³/mol. The zero-order chi connectivity index (χ0) is 21.7. The maximum Gasteiger partial charge on any atom is 0.305 e. The molecule has 1 aliphatic heterocycles. The van der Waals surface area contributed by atoms with Crippen LogP contribution in [0.15, 0.2) is 42.5 Å². The first-order valence-electron chi connectivity index (χ1n) is 9.94. The number of carbonyl (C=O) groups excluding carboxylic acids is 3. The van der Waals surface area contributed by atoms with Gasteiger partial charge in [-0.3, -0.25) is 14.4 Å². The molecule has 7 heteroatoms. The van der Waals surface area contributed by atoms with Crippen molar-refractivity contribution in [2.45, 2.75) is 45.4 Å². The first-order chi connectivity index (χ1) is 14.4. The van der Waals surface area contributed by atoms with Crippen LogP contribution in [0.1, 0.15) is 46.8 Å². The smallest absolute Gasteiger partial charge is 0.305 e. The molecular weight excluding hydrogens is 384 g/mol. The van der Waals surface area contributed by atoms with Gasteiger partial charge in [0, 0.05) is 17.5 Å². The minimum Gasteiger partial charge on any atom is -0.489 e. The number of amides is 2. The summed E-state index contributed by atoms with van der Waals surface area (Å²) in [5.41, 5.74) is 9.01. The third kappa shape index (κ3) is 4.62. The minimum absolute atomic E-state index is 0.00133. The number of fused-ring (bicyclic) bond motifs is 1. The molecule has 30 heavy (non-hydrogen) atoms. The molecule has 0 bridgehead atoms. The number of ether oxygens (including phenoxy) is 2. The van der Waals surface area contributed by atoms with Crippen LogP contribution in [0, 0.1) is 0 Å². The topological polar surface area (TPSA) is 98.9 Å². The quantitative estimate of drug-likeness (QED) is 0.641. The molecule has 0 saturated carbocycles. The van der Waals surface area contributed by atoms with Crippen LogP contribution >= 0.6 is 0 Å². The van der Waals surface area contributed by atoms with Crippen molar-refractivity contribution in [3.8, 4) is 5.75 Å². The van der Waals surface area contributed by atoms with Crippen LogP contribution in [0.25, 0.3) is 0 Å².